The summed E-state index contributed by atoms with van der Waals surface area (Å²) in [4.78, 5) is 0. The zero-order valence-electron chi connectivity index (χ0n) is 9.65. The lowest BCUT2D eigenvalue weighted by Gasteiger charge is -2.19. The van der Waals surface area contributed by atoms with Crippen molar-refractivity contribution in [1.82, 2.24) is 5.32 Å². The van der Waals surface area contributed by atoms with Crippen LogP contribution in [0.5, 0.6) is 0 Å². The van der Waals surface area contributed by atoms with Gasteiger partial charge in [-0.2, -0.15) is 13.2 Å². The van der Waals surface area contributed by atoms with Crippen LogP contribution in [0.25, 0.3) is 0 Å². The molecule has 0 radical (unpaired) electrons. The fourth-order valence-electron chi connectivity index (χ4n) is 2.42. The summed E-state index contributed by atoms with van der Waals surface area (Å²) in [7, 11) is 0. The van der Waals surface area contributed by atoms with Crippen LogP contribution >= 0.6 is 11.8 Å². The van der Waals surface area contributed by atoms with Crippen LogP contribution in [-0.4, -0.2) is 24.4 Å². The van der Waals surface area contributed by atoms with Crippen molar-refractivity contribution >= 4 is 11.8 Å². The summed E-state index contributed by atoms with van der Waals surface area (Å²) in [5, 5.41) is 3.30. The molecule has 0 aromatic rings. The van der Waals surface area contributed by atoms with Crippen molar-refractivity contribution in [1.29, 1.82) is 0 Å². The minimum absolute atomic E-state index is 0.126. The second-order valence-electron chi connectivity index (χ2n) is 4.34. The third-order valence-electron chi connectivity index (χ3n) is 3.23. The van der Waals surface area contributed by atoms with Crippen LogP contribution in [0.15, 0.2) is 0 Å². The maximum Gasteiger partial charge on any atom is 0.441 e. The van der Waals surface area contributed by atoms with E-state index in [0.717, 1.165) is 19.5 Å². The number of halogens is 3. The molecule has 0 aliphatic heterocycles. The van der Waals surface area contributed by atoms with Gasteiger partial charge in [-0.15, -0.1) is 0 Å². The molecule has 0 heterocycles. The largest absolute Gasteiger partial charge is 0.441 e. The smallest absolute Gasteiger partial charge is 0.317 e. The molecule has 1 aliphatic carbocycles. The van der Waals surface area contributed by atoms with Gasteiger partial charge in [-0.1, -0.05) is 31.5 Å². The number of rotatable bonds is 6. The average Bonchev–Trinajstić information content (AvgIpc) is 2.60. The summed E-state index contributed by atoms with van der Waals surface area (Å²) in [6.07, 6.45) is 4.17. The highest BCUT2D eigenvalue weighted by molar-refractivity contribution is 8.00. The molecular formula is C11H20F3NS. The maximum absolute atomic E-state index is 12.0. The highest BCUT2D eigenvalue weighted by Gasteiger charge is 2.30. The van der Waals surface area contributed by atoms with Crippen LogP contribution < -0.4 is 5.32 Å². The molecule has 0 saturated heterocycles. The van der Waals surface area contributed by atoms with Crippen molar-refractivity contribution in [3.05, 3.63) is 0 Å². The maximum atomic E-state index is 12.0. The Balaban J connectivity index is 2.19. The molecule has 1 rings (SSSR count). The first-order valence-corrected chi connectivity index (χ1v) is 6.93. The molecule has 1 saturated carbocycles. The Morgan fingerprint density at radius 1 is 1.25 bits per heavy atom. The topological polar surface area (TPSA) is 12.0 Å². The molecule has 0 bridgehead atoms. The van der Waals surface area contributed by atoms with Crippen LogP contribution in [0.4, 0.5) is 13.2 Å². The summed E-state index contributed by atoms with van der Waals surface area (Å²) >= 11 is 0.126. The number of alkyl halides is 3. The van der Waals surface area contributed by atoms with E-state index in [1.807, 2.05) is 0 Å². The van der Waals surface area contributed by atoms with Gasteiger partial charge >= 0.3 is 5.51 Å². The van der Waals surface area contributed by atoms with Gasteiger partial charge in [0, 0.05) is 5.75 Å². The lowest BCUT2D eigenvalue weighted by Crippen LogP contribution is -2.25. The normalized spacial score (nSPS) is 26.2. The fraction of sp³-hybridized carbons (Fsp3) is 1.00. The van der Waals surface area contributed by atoms with Crippen molar-refractivity contribution in [3.8, 4) is 0 Å². The molecule has 1 N–H and O–H groups in total. The molecule has 1 nitrogen and oxygen atoms in total. The van der Waals surface area contributed by atoms with Gasteiger partial charge in [0.25, 0.3) is 0 Å². The first-order valence-electron chi connectivity index (χ1n) is 5.94. The van der Waals surface area contributed by atoms with Gasteiger partial charge in [-0.25, -0.2) is 0 Å². The van der Waals surface area contributed by atoms with Crippen LogP contribution in [0, 0.1) is 11.8 Å². The Bertz CT molecular complexity index is 196. The number of hydrogen-bond donors (Lipinski definition) is 1. The molecule has 96 valence electrons. The van der Waals surface area contributed by atoms with Crippen LogP contribution in [0.2, 0.25) is 0 Å². The first kappa shape index (κ1) is 14.2. The second-order valence-corrected chi connectivity index (χ2v) is 5.50. The van der Waals surface area contributed by atoms with Crippen LogP contribution in [0.3, 0.4) is 0 Å². The van der Waals surface area contributed by atoms with E-state index in [0.29, 0.717) is 18.3 Å². The lowest BCUT2D eigenvalue weighted by atomic mass is 9.93. The van der Waals surface area contributed by atoms with Crippen molar-refractivity contribution < 1.29 is 13.2 Å². The molecule has 16 heavy (non-hydrogen) atoms. The van der Waals surface area contributed by atoms with Gasteiger partial charge in [0.05, 0.1) is 0 Å². The van der Waals surface area contributed by atoms with Crippen LogP contribution in [0.1, 0.15) is 32.6 Å². The molecule has 0 aromatic heterocycles. The molecule has 0 amide bonds. The predicted molar refractivity (Wildman–Crippen MR) is 62.5 cm³/mol. The van der Waals surface area contributed by atoms with E-state index < -0.39 is 5.51 Å². The summed E-state index contributed by atoms with van der Waals surface area (Å²) in [6, 6.07) is 0. The average molecular weight is 255 g/mol. The Kier molecular flexibility index (Phi) is 5.97. The third-order valence-corrected chi connectivity index (χ3v) is 3.99. The van der Waals surface area contributed by atoms with E-state index in [1.54, 1.807) is 0 Å². The number of hydrogen-bond acceptors (Lipinski definition) is 2. The zero-order chi connectivity index (χ0) is 12.0. The van der Waals surface area contributed by atoms with Crippen molar-refractivity contribution in [2.24, 2.45) is 11.8 Å². The van der Waals surface area contributed by atoms with E-state index >= 15 is 0 Å². The Labute approximate surface area is 99.6 Å². The molecule has 1 aliphatic rings. The number of nitrogens with one attached hydrogen (secondary N) is 1. The minimum atomic E-state index is -4.06. The van der Waals surface area contributed by atoms with Gasteiger partial charge < -0.3 is 5.32 Å². The van der Waals surface area contributed by atoms with Gasteiger partial charge in [-0.3, -0.25) is 0 Å². The summed E-state index contributed by atoms with van der Waals surface area (Å²) < 4.78 is 35.9. The standard InChI is InChI=1S/C11H20F3NS/c1-2-15-8-10-5-3-4-9(10)6-7-16-11(12,13)14/h9-10,15H,2-8H2,1H3. The molecule has 5 heteroatoms. The van der Waals surface area contributed by atoms with E-state index in [-0.39, 0.29) is 17.5 Å². The quantitative estimate of drug-likeness (QED) is 0.777. The Morgan fingerprint density at radius 3 is 2.56 bits per heavy atom. The lowest BCUT2D eigenvalue weighted by molar-refractivity contribution is -0.0328. The molecular weight excluding hydrogens is 235 g/mol. The Hall–Kier alpha value is 0.100. The van der Waals surface area contributed by atoms with E-state index in [2.05, 4.69) is 12.2 Å². The second kappa shape index (κ2) is 6.74. The number of thioether (sulfide) groups is 1. The predicted octanol–water partition coefficient (Wildman–Crippen LogP) is 3.66. The van der Waals surface area contributed by atoms with E-state index in [9.17, 15) is 13.2 Å². The van der Waals surface area contributed by atoms with Gasteiger partial charge in [0.15, 0.2) is 0 Å². The van der Waals surface area contributed by atoms with Crippen LogP contribution in [-0.2, 0) is 0 Å². The summed E-state index contributed by atoms with van der Waals surface area (Å²) in [6.45, 7) is 3.97. The molecule has 1 fully saturated rings. The van der Waals surface area contributed by atoms with Crippen molar-refractivity contribution in [3.63, 3.8) is 0 Å². The molecule has 2 atom stereocenters. The summed E-state index contributed by atoms with van der Waals surface area (Å²) in [5.74, 6) is 1.30. The van der Waals surface area contributed by atoms with Crippen molar-refractivity contribution in [2.45, 2.75) is 38.1 Å². The SMILES string of the molecule is CCNCC1CCCC1CCSC(F)(F)F. The Morgan fingerprint density at radius 2 is 1.94 bits per heavy atom. The fourth-order valence-corrected chi connectivity index (χ4v) is 3.07. The monoisotopic (exact) mass is 255 g/mol. The molecule has 0 spiro atoms. The highest BCUT2D eigenvalue weighted by Crippen LogP contribution is 2.37. The van der Waals surface area contributed by atoms with Crippen molar-refractivity contribution in [2.75, 3.05) is 18.8 Å². The third kappa shape index (κ3) is 5.43. The molecule has 2 unspecified atom stereocenters. The highest BCUT2D eigenvalue weighted by atomic mass is 32.2. The first-order chi connectivity index (χ1) is 7.53. The van der Waals surface area contributed by atoms with Gasteiger partial charge in [0.2, 0.25) is 0 Å². The van der Waals surface area contributed by atoms with Gasteiger partial charge in [-0.05, 0) is 37.8 Å². The molecule has 0 aromatic carbocycles. The van der Waals surface area contributed by atoms with E-state index in [4.69, 9.17) is 0 Å². The van der Waals surface area contributed by atoms with E-state index in [1.165, 1.54) is 12.8 Å². The minimum Gasteiger partial charge on any atom is -0.317 e. The summed E-state index contributed by atoms with van der Waals surface area (Å²) in [5.41, 5.74) is -4.06. The van der Waals surface area contributed by atoms with Gasteiger partial charge in [0.1, 0.15) is 0 Å². The zero-order valence-corrected chi connectivity index (χ0v) is 10.5.